The Labute approximate surface area is 113 Å². The number of aromatic nitrogens is 2. The Balaban J connectivity index is 2.35. The first kappa shape index (κ1) is 14.3. The van der Waals surface area contributed by atoms with Gasteiger partial charge < -0.3 is 9.84 Å². The Kier molecular flexibility index (Phi) is 4.12. The van der Waals surface area contributed by atoms with E-state index >= 15 is 0 Å². The fraction of sp³-hybridized carbons (Fsp3) is 0.636. The van der Waals surface area contributed by atoms with Crippen LogP contribution in [0.4, 0.5) is 4.39 Å². The number of nitrogens with zero attached hydrogens (tertiary/aromatic N) is 1. The predicted octanol–water partition coefficient (Wildman–Crippen LogP) is 0.0497. The predicted molar refractivity (Wildman–Crippen MR) is 68.9 cm³/mol. The molecule has 2 rings (SSSR count). The molecule has 0 spiro atoms. The van der Waals surface area contributed by atoms with Gasteiger partial charge in [-0.1, -0.05) is 0 Å². The molecule has 1 aromatic rings. The molecule has 0 aliphatic carbocycles. The molecule has 1 aliphatic rings. The molecular formula is C11H15FN2O4S. The lowest BCUT2D eigenvalue weighted by Crippen LogP contribution is -2.34. The highest BCUT2D eigenvalue weighted by molar-refractivity contribution is 7.80. The van der Waals surface area contributed by atoms with Gasteiger partial charge in [-0.15, -0.1) is 0 Å². The average molecular weight is 290 g/mol. The first-order valence-electron chi connectivity index (χ1n) is 5.89. The summed E-state index contributed by atoms with van der Waals surface area (Å²) in [6.45, 7) is -0.773. The van der Waals surface area contributed by atoms with E-state index in [9.17, 15) is 14.0 Å². The molecule has 1 aromatic heterocycles. The largest absolute Gasteiger partial charge is 0.390 e. The molecule has 1 aliphatic heterocycles. The average Bonchev–Trinajstić information content (AvgIpc) is 2.68. The Bertz CT molecular complexity index is 560. The van der Waals surface area contributed by atoms with Crippen LogP contribution in [0.1, 0.15) is 19.1 Å². The quantitative estimate of drug-likeness (QED) is 0.684. The minimum Gasteiger partial charge on any atom is -0.390 e. The van der Waals surface area contributed by atoms with Crippen LogP contribution in [0.15, 0.2) is 21.9 Å². The van der Waals surface area contributed by atoms with Gasteiger partial charge in [-0.05, 0) is 12.2 Å². The molecule has 3 atom stereocenters. The van der Waals surface area contributed by atoms with Crippen LogP contribution < -0.4 is 11.2 Å². The third-order valence-electron chi connectivity index (χ3n) is 3.16. The maximum absolute atomic E-state index is 14.1. The summed E-state index contributed by atoms with van der Waals surface area (Å²) in [7, 11) is 0. The van der Waals surface area contributed by atoms with E-state index in [1.54, 1.807) is 0 Å². The lowest BCUT2D eigenvalue weighted by molar-refractivity contribution is -0.179. The van der Waals surface area contributed by atoms with Gasteiger partial charge in [0.2, 0.25) is 5.85 Å². The van der Waals surface area contributed by atoms with Crippen molar-refractivity contribution < 1.29 is 14.2 Å². The van der Waals surface area contributed by atoms with E-state index in [2.05, 4.69) is 17.6 Å². The zero-order valence-electron chi connectivity index (χ0n) is 10.1. The van der Waals surface area contributed by atoms with Crippen molar-refractivity contribution >= 4 is 12.6 Å². The summed E-state index contributed by atoms with van der Waals surface area (Å²) < 4.78 is 20.4. The molecule has 0 bridgehead atoms. The molecular weight excluding hydrogens is 275 g/mol. The van der Waals surface area contributed by atoms with Crippen LogP contribution >= 0.6 is 12.6 Å². The molecule has 19 heavy (non-hydrogen) atoms. The number of aliphatic hydroxyl groups excluding tert-OH is 1. The molecule has 6 nitrogen and oxygen atoms in total. The number of rotatable bonds is 4. The zero-order valence-corrected chi connectivity index (χ0v) is 11.0. The number of thiol groups is 1. The summed E-state index contributed by atoms with van der Waals surface area (Å²) in [5.41, 5.74) is -1.19. The van der Waals surface area contributed by atoms with Crippen LogP contribution in [-0.4, -0.2) is 32.9 Å². The minimum absolute atomic E-state index is 0.0136. The molecule has 2 heterocycles. The normalized spacial score (nSPS) is 30.7. The van der Waals surface area contributed by atoms with Gasteiger partial charge in [-0.3, -0.25) is 14.3 Å². The summed E-state index contributed by atoms with van der Waals surface area (Å²) in [5.74, 6) is -1.95. The van der Waals surface area contributed by atoms with E-state index in [0.29, 0.717) is 12.2 Å². The highest BCUT2D eigenvalue weighted by atomic mass is 32.1. The van der Waals surface area contributed by atoms with Crippen LogP contribution in [0.25, 0.3) is 0 Å². The molecule has 1 saturated heterocycles. The Morgan fingerprint density at radius 3 is 2.95 bits per heavy atom. The van der Waals surface area contributed by atoms with Crippen molar-refractivity contribution in [2.75, 3.05) is 12.4 Å². The molecule has 8 heteroatoms. The summed E-state index contributed by atoms with van der Waals surface area (Å²) >= 11 is 4.09. The van der Waals surface area contributed by atoms with E-state index in [4.69, 9.17) is 9.84 Å². The van der Waals surface area contributed by atoms with Gasteiger partial charge in [-0.2, -0.15) is 12.6 Å². The smallest absolute Gasteiger partial charge is 0.330 e. The third-order valence-corrected chi connectivity index (χ3v) is 3.42. The molecule has 2 unspecified atom stereocenters. The number of ether oxygens (including phenoxy) is 1. The summed E-state index contributed by atoms with van der Waals surface area (Å²) in [6, 6.07) is 1.17. The Morgan fingerprint density at radius 1 is 1.63 bits per heavy atom. The number of hydrogen-bond acceptors (Lipinski definition) is 5. The highest BCUT2D eigenvalue weighted by Gasteiger charge is 2.47. The van der Waals surface area contributed by atoms with Gasteiger partial charge in [0, 0.05) is 24.6 Å². The minimum atomic E-state index is -2.16. The highest BCUT2D eigenvalue weighted by Crippen LogP contribution is 2.43. The van der Waals surface area contributed by atoms with Crippen molar-refractivity contribution in [3.63, 3.8) is 0 Å². The number of nitrogens with one attached hydrogen (secondary N) is 1. The maximum atomic E-state index is 14.1. The van der Waals surface area contributed by atoms with Crippen LogP contribution in [0.2, 0.25) is 0 Å². The lowest BCUT2D eigenvalue weighted by Gasteiger charge is -2.20. The van der Waals surface area contributed by atoms with Crippen molar-refractivity contribution in [3.8, 4) is 0 Å². The monoisotopic (exact) mass is 290 g/mol. The SMILES string of the molecule is O=c1ccn(C2O[C@](F)(CO)CC2CCS)c(=O)[nH]1. The number of alkyl halides is 1. The Morgan fingerprint density at radius 2 is 2.37 bits per heavy atom. The fourth-order valence-corrected chi connectivity index (χ4v) is 2.61. The van der Waals surface area contributed by atoms with Crippen molar-refractivity contribution in [2.24, 2.45) is 5.92 Å². The van der Waals surface area contributed by atoms with Crippen molar-refractivity contribution in [2.45, 2.75) is 24.9 Å². The first-order chi connectivity index (χ1) is 8.99. The van der Waals surface area contributed by atoms with Crippen molar-refractivity contribution in [1.29, 1.82) is 0 Å². The third kappa shape index (κ3) is 2.90. The first-order valence-corrected chi connectivity index (χ1v) is 6.52. The number of hydrogen-bond donors (Lipinski definition) is 3. The molecule has 0 amide bonds. The summed E-state index contributed by atoms with van der Waals surface area (Å²) in [6.07, 6.45) is 0.930. The van der Waals surface area contributed by atoms with E-state index in [-0.39, 0.29) is 12.3 Å². The molecule has 0 radical (unpaired) electrons. The molecule has 2 N–H and O–H groups in total. The zero-order chi connectivity index (χ0) is 14.0. The summed E-state index contributed by atoms with van der Waals surface area (Å²) in [4.78, 5) is 24.8. The van der Waals surface area contributed by atoms with Gasteiger partial charge in [-0.25, -0.2) is 9.18 Å². The van der Waals surface area contributed by atoms with E-state index in [1.165, 1.54) is 12.3 Å². The maximum Gasteiger partial charge on any atom is 0.330 e. The van der Waals surface area contributed by atoms with E-state index in [0.717, 1.165) is 4.57 Å². The molecule has 0 saturated carbocycles. The lowest BCUT2D eigenvalue weighted by atomic mass is 9.99. The van der Waals surface area contributed by atoms with E-state index < -0.39 is 29.9 Å². The van der Waals surface area contributed by atoms with Gasteiger partial charge in [0.1, 0.15) is 12.8 Å². The second-order valence-electron chi connectivity index (χ2n) is 4.54. The van der Waals surface area contributed by atoms with Crippen LogP contribution in [-0.2, 0) is 4.74 Å². The van der Waals surface area contributed by atoms with Crippen molar-refractivity contribution in [1.82, 2.24) is 9.55 Å². The molecule has 106 valence electrons. The topological polar surface area (TPSA) is 84.3 Å². The number of aromatic amines is 1. The van der Waals surface area contributed by atoms with Gasteiger partial charge in [0.15, 0.2) is 0 Å². The van der Waals surface area contributed by atoms with Crippen molar-refractivity contribution in [3.05, 3.63) is 33.1 Å². The van der Waals surface area contributed by atoms with Gasteiger partial charge in [0.05, 0.1) is 0 Å². The molecule has 1 fully saturated rings. The summed E-state index contributed by atoms with van der Waals surface area (Å²) in [5, 5.41) is 9.03. The van der Waals surface area contributed by atoms with Crippen LogP contribution in [0, 0.1) is 5.92 Å². The second-order valence-corrected chi connectivity index (χ2v) is 4.99. The molecule has 0 aromatic carbocycles. The fourth-order valence-electron chi connectivity index (χ4n) is 2.28. The second kappa shape index (κ2) is 5.48. The van der Waals surface area contributed by atoms with Crippen LogP contribution in [0.3, 0.4) is 0 Å². The van der Waals surface area contributed by atoms with Gasteiger partial charge >= 0.3 is 5.69 Å². The number of aliphatic hydroxyl groups is 1. The Hall–Kier alpha value is -1.12. The van der Waals surface area contributed by atoms with Crippen LogP contribution in [0.5, 0.6) is 0 Å². The number of halogens is 1. The van der Waals surface area contributed by atoms with E-state index in [1.807, 2.05) is 0 Å². The standard InChI is InChI=1S/C11H15FN2O4S/c12-11(6-15)5-7(2-4-19)9(18-11)14-3-1-8(16)13-10(14)17/h1,3,7,9,15,19H,2,4-6H2,(H,13,16,17)/t7?,9?,11-/m0/s1. The van der Waals surface area contributed by atoms with Gasteiger partial charge in [0.25, 0.3) is 5.56 Å². The number of H-pyrrole nitrogens is 1.